The van der Waals surface area contributed by atoms with E-state index in [0.29, 0.717) is 36.0 Å². The summed E-state index contributed by atoms with van der Waals surface area (Å²) < 4.78 is 34.4. The van der Waals surface area contributed by atoms with Crippen LogP contribution in [0.1, 0.15) is 28.9 Å². The van der Waals surface area contributed by atoms with E-state index >= 15 is 0 Å². The average molecular weight is 427 g/mol. The van der Waals surface area contributed by atoms with E-state index in [-0.39, 0.29) is 16.8 Å². The number of carbonyl (C=O) groups is 1. The summed E-state index contributed by atoms with van der Waals surface area (Å²) in [5, 5.41) is 9.82. The van der Waals surface area contributed by atoms with Gasteiger partial charge in [-0.05, 0) is 42.8 Å². The number of aromatic amines is 1. The molecule has 2 aromatic carbocycles. The van der Waals surface area contributed by atoms with Crippen molar-refractivity contribution in [3.05, 3.63) is 59.8 Å². The first-order valence-corrected chi connectivity index (χ1v) is 11.3. The molecule has 0 aliphatic carbocycles. The molecule has 0 spiro atoms. The number of ether oxygens (including phenoxy) is 2. The van der Waals surface area contributed by atoms with Crippen molar-refractivity contribution in [2.45, 2.75) is 17.9 Å². The molecule has 2 N–H and O–H groups in total. The van der Waals surface area contributed by atoms with Gasteiger partial charge in [-0.25, -0.2) is 8.42 Å². The second-order valence-corrected chi connectivity index (χ2v) is 9.07. The molecule has 1 atom stereocenters. The molecule has 0 radical (unpaired) electrons. The third-order valence-electron chi connectivity index (χ3n) is 4.87. The molecule has 3 aromatic rings. The van der Waals surface area contributed by atoms with Crippen molar-refractivity contribution in [3.63, 3.8) is 0 Å². The predicted molar refractivity (Wildman–Crippen MR) is 110 cm³/mol. The van der Waals surface area contributed by atoms with Crippen LogP contribution >= 0.6 is 0 Å². The van der Waals surface area contributed by atoms with Gasteiger partial charge in [0, 0.05) is 11.8 Å². The van der Waals surface area contributed by atoms with E-state index in [9.17, 15) is 13.2 Å². The number of aromatic nitrogens is 2. The summed E-state index contributed by atoms with van der Waals surface area (Å²) in [5.41, 5.74) is 2.52. The van der Waals surface area contributed by atoms with Crippen molar-refractivity contribution >= 4 is 15.7 Å². The number of benzene rings is 2. The highest BCUT2D eigenvalue weighted by atomic mass is 32.2. The number of hydrogen-bond donors (Lipinski definition) is 2. The monoisotopic (exact) mass is 427 g/mol. The van der Waals surface area contributed by atoms with E-state index in [2.05, 4.69) is 15.5 Å². The number of carbonyl (C=O) groups excluding carboxylic acids is 1. The zero-order chi connectivity index (χ0) is 21.3. The zero-order valence-corrected chi connectivity index (χ0v) is 17.3. The Labute approximate surface area is 174 Å². The molecular formula is C21H21N3O5S. The van der Waals surface area contributed by atoms with Crippen LogP contribution in [0.4, 0.5) is 0 Å². The third kappa shape index (κ3) is 4.02. The Morgan fingerprint density at radius 3 is 2.50 bits per heavy atom. The fourth-order valence-corrected chi connectivity index (χ4v) is 3.87. The number of rotatable bonds is 5. The van der Waals surface area contributed by atoms with Crippen molar-refractivity contribution < 1.29 is 22.7 Å². The number of nitrogens with zero attached hydrogens (tertiary/aromatic N) is 1. The number of H-pyrrole nitrogens is 1. The van der Waals surface area contributed by atoms with Gasteiger partial charge >= 0.3 is 0 Å². The van der Waals surface area contributed by atoms with Gasteiger partial charge in [-0.15, -0.1) is 0 Å². The fourth-order valence-electron chi connectivity index (χ4n) is 3.24. The largest absolute Gasteiger partial charge is 0.486 e. The summed E-state index contributed by atoms with van der Waals surface area (Å²) in [6.45, 7) is 2.81. The molecule has 1 aromatic heterocycles. The Morgan fingerprint density at radius 2 is 1.80 bits per heavy atom. The van der Waals surface area contributed by atoms with E-state index in [4.69, 9.17) is 9.47 Å². The minimum atomic E-state index is -3.27. The van der Waals surface area contributed by atoms with Crippen LogP contribution in [0.15, 0.2) is 53.6 Å². The fraction of sp³-hybridized carbons (Fsp3) is 0.238. The highest BCUT2D eigenvalue weighted by molar-refractivity contribution is 7.90. The van der Waals surface area contributed by atoms with Crippen LogP contribution in [-0.4, -0.2) is 44.0 Å². The minimum Gasteiger partial charge on any atom is -0.486 e. The lowest BCUT2D eigenvalue weighted by molar-refractivity contribution is 0.0940. The third-order valence-corrected chi connectivity index (χ3v) is 6.00. The van der Waals surface area contributed by atoms with Gasteiger partial charge in [0.05, 0.1) is 28.4 Å². The number of fused-ring (bicyclic) bond motifs is 1. The van der Waals surface area contributed by atoms with Gasteiger partial charge in [0.2, 0.25) is 0 Å². The van der Waals surface area contributed by atoms with Crippen molar-refractivity contribution in [3.8, 4) is 22.8 Å². The van der Waals surface area contributed by atoms with Gasteiger partial charge in [0.25, 0.3) is 5.91 Å². The van der Waals surface area contributed by atoms with Gasteiger partial charge in [-0.2, -0.15) is 5.10 Å². The van der Waals surface area contributed by atoms with Crippen LogP contribution in [0.2, 0.25) is 0 Å². The molecule has 1 aliphatic rings. The summed E-state index contributed by atoms with van der Waals surface area (Å²) in [6, 6.07) is 11.6. The molecule has 0 saturated carbocycles. The quantitative estimate of drug-likeness (QED) is 0.648. The van der Waals surface area contributed by atoms with Gasteiger partial charge < -0.3 is 14.8 Å². The average Bonchev–Trinajstić information content (AvgIpc) is 3.23. The Bertz CT molecular complexity index is 1190. The number of amides is 1. The molecule has 30 heavy (non-hydrogen) atoms. The molecule has 2 heterocycles. The summed E-state index contributed by atoms with van der Waals surface area (Å²) in [7, 11) is -3.27. The summed E-state index contributed by atoms with van der Waals surface area (Å²) in [6.07, 6.45) is 2.63. The van der Waals surface area contributed by atoms with E-state index in [0.717, 1.165) is 17.4 Å². The molecule has 1 aliphatic heterocycles. The Hall–Kier alpha value is -3.33. The van der Waals surface area contributed by atoms with Crippen LogP contribution in [-0.2, 0) is 9.84 Å². The highest BCUT2D eigenvalue weighted by Gasteiger charge is 2.20. The molecule has 8 nitrogen and oxygen atoms in total. The minimum absolute atomic E-state index is 0.237. The lowest BCUT2D eigenvalue weighted by Crippen LogP contribution is -2.26. The summed E-state index contributed by atoms with van der Waals surface area (Å²) in [4.78, 5) is 13.1. The molecule has 0 fully saturated rings. The normalized spacial score (nSPS) is 14.2. The number of hydrogen-bond acceptors (Lipinski definition) is 6. The summed E-state index contributed by atoms with van der Waals surface area (Å²) >= 11 is 0. The van der Waals surface area contributed by atoms with Crippen LogP contribution in [0.3, 0.4) is 0 Å². The van der Waals surface area contributed by atoms with Crippen LogP contribution < -0.4 is 14.8 Å². The Balaban J connectivity index is 1.53. The molecule has 1 amide bonds. The van der Waals surface area contributed by atoms with Gasteiger partial charge in [-0.3, -0.25) is 9.89 Å². The lowest BCUT2D eigenvalue weighted by Gasteiger charge is -2.19. The predicted octanol–water partition coefficient (Wildman–Crippen LogP) is 2.74. The molecular weight excluding hydrogens is 406 g/mol. The van der Waals surface area contributed by atoms with Crippen molar-refractivity contribution in [1.82, 2.24) is 15.5 Å². The molecule has 156 valence electrons. The molecule has 0 bridgehead atoms. The first-order valence-electron chi connectivity index (χ1n) is 9.37. The van der Waals surface area contributed by atoms with Crippen LogP contribution in [0, 0.1) is 0 Å². The van der Waals surface area contributed by atoms with Crippen molar-refractivity contribution in [1.29, 1.82) is 0 Å². The Morgan fingerprint density at radius 1 is 1.10 bits per heavy atom. The molecule has 4 rings (SSSR count). The first kappa shape index (κ1) is 20.0. The highest BCUT2D eigenvalue weighted by Crippen LogP contribution is 2.35. The molecule has 0 saturated heterocycles. The van der Waals surface area contributed by atoms with Crippen LogP contribution in [0.5, 0.6) is 11.5 Å². The second kappa shape index (κ2) is 7.83. The van der Waals surface area contributed by atoms with Gasteiger partial charge in [0.15, 0.2) is 21.3 Å². The number of nitrogens with one attached hydrogen (secondary N) is 2. The topological polar surface area (TPSA) is 110 Å². The maximum atomic E-state index is 12.9. The SMILES string of the molecule is C[C@@H](NC(=O)c1cn[nH]c1-c1ccc2c(c1)OCCO2)c1ccc(S(C)(=O)=O)cc1. The number of sulfone groups is 1. The van der Waals surface area contributed by atoms with Crippen molar-refractivity contribution in [2.24, 2.45) is 0 Å². The first-order chi connectivity index (χ1) is 14.3. The second-order valence-electron chi connectivity index (χ2n) is 7.05. The maximum absolute atomic E-state index is 12.9. The van der Waals surface area contributed by atoms with Gasteiger partial charge in [0.1, 0.15) is 13.2 Å². The zero-order valence-electron chi connectivity index (χ0n) is 16.5. The summed E-state index contributed by atoms with van der Waals surface area (Å²) in [5.74, 6) is 0.994. The van der Waals surface area contributed by atoms with E-state index in [1.54, 1.807) is 18.2 Å². The molecule has 9 heteroatoms. The molecule has 0 unspecified atom stereocenters. The van der Waals surface area contributed by atoms with E-state index in [1.807, 2.05) is 19.1 Å². The van der Waals surface area contributed by atoms with E-state index in [1.165, 1.54) is 18.3 Å². The standard InChI is InChI=1S/C21H21N3O5S/c1-13(14-3-6-16(7-4-14)30(2,26)27)23-21(25)17-12-22-24-20(17)15-5-8-18-19(11-15)29-10-9-28-18/h3-8,11-13H,9-10H2,1-2H3,(H,22,24)(H,23,25)/t13-/m1/s1. The van der Waals surface area contributed by atoms with Crippen molar-refractivity contribution in [2.75, 3.05) is 19.5 Å². The maximum Gasteiger partial charge on any atom is 0.255 e. The Kier molecular flexibility index (Phi) is 5.21. The smallest absolute Gasteiger partial charge is 0.255 e. The van der Waals surface area contributed by atoms with Gasteiger partial charge in [-0.1, -0.05) is 12.1 Å². The lowest BCUT2D eigenvalue weighted by atomic mass is 10.1. The van der Waals surface area contributed by atoms with Crippen LogP contribution in [0.25, 0.3) is 11.3 Å². The van der Waals surface area contributed by atoms with E-state index < -0.39 is 9.84 Å².